The third kappa shape index (κ3) is 4.64. The Bertz CT molecular complexity index is 885. The summed E-state index contributed by atoms with van der Waals surface area (Å²) in [6.07, 6.45) is 5.61. The summed E-state index contributed by atoms with van der Waals surface area (Å²) in [5.41, 5.74) is 2.92. The van der Waals surface area contributed by atoms with Gasteiger partial charge in [0.05, 0.1) is 5.56 Å². The summed E-state index contributed by atoms with van der Waals surface area (Å²) in [6, 6.07) is 13.0. The van der Waals surface area contributed by atoms with Crippen molar-refractivity contribution in [2.75, 3.05) is 36.4 Å². The van der Waals surface area contributed by atoms with Crippen molar-refractivity contribution in [2.45, 2.75) is 32.1 Å². The van der Waals surface area contributed by atoms with Crippen LogP contribution in [-0.4, -0.2) is 42.9 Å². The lowest BCUT2D eigenvalue weighted by molar-refractivity contribution is 0.0724. The van der Waals surface area contributed by atoms with Gasteiger partial charge in [-0.1, -0.05) is 15.9 Å². The molecular formula is C23H26BrN3O2. The van der Waals surface area contributed by atoms with E-state index >= 15 is 0 Å². The molecule has 4 rings (SSSR count). The Balaban J connectivity index is 1.60. The average molecular weight is 456 g/mol. The molecule has 0 saturated carbocycles. The summed E-state index contributed by atoms with van der Waals surface area (Å²) in [5.74, 6) is -0.103. The van der Waals surface area contributed by atoms with E-state index in [0.717, 1.165) is 62.0 Å². The number of nitrogens with zero attached hydrogens (tertiary/aromatic N) is 2. The second-order valence-electron chi connectivity index (χ2n) is 7.74. The van der Waals surface area contributed by atoms with Crippen molar-refractivity contribution in [1.29, 1.82) is 0 Å². The summed E-state index contributed by atoms with van der Waals surface area (Å²) in [7, 11) is 0. The molecule has 29 heavy (non-hydrogen) atoms. The van der Waals surface area contributed by atoms with Gasteiger partial charge in [-0.2, -0.15) is 0 Å². The van der Waals surface area contributed by atoms with E-state index in [1.165, 1.54) is 6.42 Å². The second kappa shape index (κ2) is 8.99. The molecule has 0 aromatic heterocycles. The van der Waals surface area contributed by atoms with Crippen molar-refractivity contribution in [3.63, 3.8) is 0 Å². The van der Waals surface area contributed by atoms with Gasteiger partial charge in [-0.3, -0.25) is 9.59 Å². The van der Waals surface area contributed by atoms with Gasteiger partial charge in [-0.05, 0) is 74.6 Å². The van der Waals surface area contributed by atoms with Gasteiger partial charge in [-0.25, -0.2) is 0 Å². The molecule has 2 saturated heterocycles. The number of carbonyl (C=O) groups is 2. The van der Waals surface area contributed by atoms with Crippen LogP contribution in [0.2, 0.25) is 0 Å². The number of likely N-dealkylation sites (tertiary alicyclic amines) is 1. The molecule has 0 unspecified atom stereocenters. The van der Waals surface area contributed by atoms with Gasteiger partial charge in [-0.15, -0.1) is 0 Å². The van der Waals surface area contributed by atoms with Crippen LogP contribution in [0.3, 0.4) is 0 Å². The Morgan fingerprint density at radius 2 is 1.48 bits per heavy atom. The zero-order chi connectivity index (χ0) is 20.2. The summed E-state index contributed by atoms with van der Waals surface area (Å²) in [4.78, 5) is 30.2. The molecule has 6 heteroatoms. The van der Waals surface area contributed by atoms with E-state index in [2.05, 4.69) is 26.1 Å². The fraction of sp³-hybridized carbons (Fsp3) is 0.391. The average Bonchev–Trinajstić information content (AvgIpc) is 3.29. The number of amides is 2. The van der Waals surface area contributed by atoms with Crippen molar-refractivity contribution >= 4 is 39.1 Å². The van der Waals surface area contributed by atoms with Gasteiger partial charge in [0.2, 0.25) is 0 Å². The van der Waals surface area contributed by atoms with Crippen molar-refractivity contribution < 1.29 is 9.59 Å². The highest BCUT2D eigenvalue weighted by Crippen LogP contribution is 2.29. The predicted octanol–water partition coefficient (Wildman–Crippen LogP) is 4.93. The number of carbonyl (C=O) groups excluding carboxylic acids is 2. The zero-order valence-electron chi connectivity index (χ0n) is 16.5. The normalized spacial score (nSPS) is 16.7. The highest BCUT2D eigenvalue weighted by atomic mass is 79.9. The number of anilines is 2. The third-order valence-electron chi connectivity index (χ3n) is 5.68. The molecule has 152 valence electrons. The molecule has 2 aromatic carbocycles. The molecule has 0 bridgehead atoms. The first-order valence-electron chi connectivity index (χ1n) is 10.4. The number of hydrogen-bond donors (Lipinski definition) is 1. The van der Waals surface area contributed by atoms with Gasteiger partial charge >= 0.3 is 0 Å². The maximum atomic E-state index is 13.3. The molecule has 2 fully saturated rings. The molecular weight excluding hydrogens is 430 g/mol. The Labute approximate surface area is 180 Å². The van der Waals surface area contributed by atoms with Crippen LogP contribution >= 0.6 is 15.9 Å². The largest absolute Gasteiger partial charge is 0.371 e. The first kappa shape index (κ1) is 20.0. The zero-order valence-corrected chi connectivity index (χ0v) is 18.1. The SMILES string of the molecule is O=C(Nc1ccc(N2CCCC2)c(C(=O)N2CCCCC2)c1)c1ccc(Br)cc1. The maximum absolute atomic E-state index is 13.3. The summed E-state index contributed by atoms with van der Waals surface area (Å²) >= 11 is 3.39. The Morgan fingerprint density at radius 3 is 2.17 bits per heavy atom. The number of benzene rings is 2. The third-order valence-corrected chi connectivity index (χ3v) is 6.21. The van der Waals surface area contributed by atoms with E-state index in [4.69, 9.17) is 0 Å². The number of nitrogens with one attached hydrogen (secondary N) is 1. The molecule has 0 atom stereocenters. The summed E-state index contributed by atoms with van der Waals surface area (Å²) in [6.45, 7) is 3.58. The lowest BCUT2D eigenvalue weighted by Crippen LogP contribution is -2.36. The Morgan fingerprint density at radius 1 is 0.828 bits per heavy atom. The first-order valence-corrected chi connectivity index (χ1v) is 11.2. The van der Waals surface area contributed by atoms with E-state index in [-0.39, 0.29) is 11.8 Å². The minimum Gasteiger partial charge on any atom is -0.371 e. The number of hydrogen-bond acceptors (Lipinski definition) is 3. The van der Waals surface area contributed by atoms with E-state index < -0.39 is 0 Å². The molecule has 1 N–H and O–H groups in total. The van der Waals surface area contributed by atoms with Crippen LogP contribution in [0, 0.1) is 0 Å². The van der Waals surface area contributed by atoms with Crippen molar-refractivity contribution in [3.8, 4) is 0 Å². The Hall–Kier alpha value is -2.34. The van der Waals surface area contributed by atoms with Crippen LogP contribution in [0.4, 0.5) is 11.4 Å². The fourth-order valence-electron chi connectivity index (χ4n) is 4.09. The van der Waals surface area contributed by atoms with Crippen LogP contribution < -0.4 is 10.2 Å². The van der Waals surface area contributed by atoms with Crippen LogP contribution in [0.15, 0.2) is 46.9 Å². The second-order valence-corrected chi connectivity index (χ2v) is 8.66. The molecule has 0 spiro atoms. The standard InChI is InChI=1S/C23H26BrN3O2/c24-18-8-6-17(7-9-18)22(28)25-19-10-11-21(26-12-4-5-13-26)20(16-19)23(29)27-14-2-1-3-15-27/h6-11,16H,1-5,12-15H2,(H,25,28). The quantitative estimate of drug-likeness (QED) is 0.710. The lowest BCUT2D eigenvalue weighted by Gasteiger charge is -2.29. The van der Waals surface area contributed by atoms with Crippen LogP contribution in [0.1, 0.15) is 52.8 Å². The first-order chi connectivity index (χ1) is 14.1. The predicted molar refractivity (Wildman–Crippen MR) is 120 cm³/mol. The molecule has 2 heterocycles. The fourth-order valence-corrected chi connectivity index (χ4v) is 4.36. The van der Waals surface area contributed by atoms with Crippen molar-refractivity contribution in [2.24, 2.45) is 0 Å². The smallest absolute Gasteiger partial charge is 0.256 e. The van der Waals surface area contributed by atoms with Crippen molar-refractivity contribution in [3.05, 3.63) is 58.1 Å². The molecule has 0 radical (unpaired) electrons. The van der Waals surface area contributed by atoms with E-state index in [1.807, 2.05) is 35.2 Å². The highest BCUT2D eigenvalue weighted by Gasteiger charge is 2.25. The molecule has 2 aliphatic heterocycles. The monoisotopic (exact) mass is 455 g/mol. The molecule has 2 aliphatic rings. The van der Waals surface area contributed by atoms with Gasteiger partial charge in [0.15, 0.2) is 0 Å². The molecule has 0 aliphatic carbocycles. The molecule has 2 amide bonds. The van der Waals surface area contributed by atoms with Gasteiger partial charge in [0.1, 0.15) is 0 Å². The molecule has 2 aromatic rings. The van der Waals surface area contributed by atoms with Crippen LogP contribution in [0.5, 0.6) is 0 Å². The minimum absolute atomic E-state index is 0.0753. The lowest BCUT2D eigenvalue weighted by atomic mass is 10.1. The van der Waals surface area contributed by atoms with Gasteiger partial charge in [0.25, 0.3) is 11.8 Å². The summed E-state index contributed by atoms with van der Waals surface area (Å²) < 4.78 is 0.929. The van der Waals surface area contributed by atoms with Gasteiger partial charge in [0, 0.05) is 47.6 Å². The van der Waals surface area contributed by atoms with E-state index in [1.54, 1.807) is 12.1 Å². The number of rotatable bonds is 4. The highest BCUT2D eigenvalue weighted by molar-refractivity contribution is 9.10. The minimum atomic E-state index is -0.178. The number of halogens is 1. The Kier molecular flexibility index (Phi) is 6.19. The van der Waals surface area contributed by atoms with Crippen molar-refractivity contribution in [1.82, 2.24) is 4.90 Å². The molecule has 5 nitrogen and oxygen atoms in total. The number of piperidine rings is 1. The van der Waals surface area contributed by atoms with Crippen LogP contribution in [0.25, 0.3) is 0 Å². The van der Waals surface area contributed by atoms with Crippen LogP contribution in [-0.2, 0) is 0 Å². The summed E-state index contributed by atoms with van der Waals surface area (Å²) in [5, 5.41) is 2.95. The van der Waals surface area contributed by atoms with E-state index in [9.17, 15) is 9.59 Å². The van der Waals surface area contributed by atoms with E-state index in [0.29, 0.717) is 16.8 Å². The van der Waals surface area contributed by atoms with Gasteiger partial charge < -0.3 is 15.1 Å². The maximum Gasteiger partial charge on any atom is 0.256 e. The topological polar surface area (TPSA) is 52.7 Å².